The third kappa shape index (κ3) is 1.77. The van der Waals surface area contributed by atoms with Gasteiger partial charge in [0.15, 0.2) is 11.5 Å². The van der Waals surface area contributed by atoms with Crippen molar-refractivity contribution in [3.05, 3.63) is 22.2 Å². The molecule has 82 valence electrons. The number of hydrogen-bond donors (Lipinski definition) is 1. The van der Waals surface area contributed by atoms with Crippen LogP contribution in [-0.2, 0) is 13.0 Å². The van der Waals surface area contributed by atoms with Gasteiger partial charge in [0, 0.05) is 23.2 Å². The van der Waals surface area contributed by atoms with Crippen LogP contribution in [0.2, 0.25) is 5.02 Å². The number of benzene rings is 1. The summed E-state index contributed by atoms with van der Waals surface area (Å²) >= 11 is 6.18. The van der Waals surface area contributed by atoms with E-state index in [-0.39, 0.29) is 0 Å². The molecule has 0 unspecified atom stereocenters. The second-order valence-corrected chi connectivity index (χ2v) is 3.88. The van der Waals surface area contributed by atoms with Crippen LogP contribution in [0.15, 0.2) is 6.07 Å². The van der Waals surface area contributed by atoms with Crippen molar-refractivity contribution < 1.29 is 9.47 Å². The molecule has 0 bridgehead atoms. The fraction of sp³-hybridized carbons (Fsp3) is 0.455. The van der Waals surface area contributed by atoms with E-state index in [2.05, 4.69) is 5.32 Å². The standard InChI is InChI=1S/C11H14ClNO2/c1-14-10-5-9(12)8-6-13-4-3-7(8)11(10)15-2/h5,13H,3-4,6H2,1-2H3. The van der Waals surface area contributed by atoms with E-state index in [1.807, 2.05) is 6.07 Å². The lowest BCUT2D eigenvalue weighted by Gasteiger charge is -2.22. The largest absolute Gasteiger partial charge is 0.493 e. The van der Waals surface area contributed by atoms with Gasteiger partial charge in [0.2, 0.25) is 0 Å². The van der Waals surface area contributed by atoms with Crippen molar-refractivity contribution in [3.63, 3.8) is 0 Å². The molecule has 0 amide bonds. The van der Waals surface area contributed by atoms with Crippen molar-refractivity contribution in [1.29, 1.82) is 0 Å². The van der Waals surface area contributed by atoms with Crippen LogP contribution in [0.25, 0.3) is 0 Å². The maximum Gasteiger partial charge on any atom is 0.164 e. The van der Waals surface area contributed by atoms with Gasteiger partial charge in [-0.2, -0.15) is 0 Å². The van der Waals surface area contributed by atoms with Crippen LogP contribution in [0.1, 0.15) is 11.1 Å². The summed E-state index contributed by atoms with van der Waals surface area (Å²) in [5, 5.41) is 4.03. The van der Waals surface area contributed by atoms with E-state index >= 15 is 0 Å². The van der Waals surface area contributed by atoms with Crippen LogP contribution in [0.5, 0.6) is 11.5 Å². The van der Waals surface area contributed by atoms with Gasteiger partial charge in [-0.1, -0.05) is 11.6 Å². The number of ether oxygens (including phenoxy) is 2. The Morgan fingerprint density at radius 1 is 1.27 bits per heavy atom. The molecule has 0 spiro atoms. The highest BCUT2D eigenvalue weighted by atomic mass is 35.5. The van der Waals surface area contributed by atoms with E-state index in [0.29, 0.717) is 5.75 Å². The first-order chi connectivity index (χ1) is 7.27. The number of hydrogen-bond acceptors (Lipinski definition) is 3. The molecule has 2 rings (SSSR count). The maximum absolute atomic E-state index is 6.18. The molecule has 1 aliphatic rings. The zero-order valence-corrected chi connectivity index (χ0v) is 9.65. The minimum absolute atomic E-state index is 0.711. The fourth-order valence-electron chi connectivity index (χ4n) is 1.96. The van der Waals surface area contributed by atoms with Gasteiger partial charge in [-0.25, -0.2) is 0 Å². The van der Waals surface area contributed by atoms with E-state index in [9.17, 15) is 0 Å². The van der Waals surface area contributed by atoms with Crippen molar-refractivity contribution in [2.24, 2.45) is 0 Å². The van der Waals surface area contributed by atoms with Gasteiger partial charge in [-0.05, 0) is 18.5 Å². The minimum atomic E-state index is 0.711. The maximum atomic E-state index is 6.18. The summed E-state index contributed by atoms with van der Waals surface area (Å²) in [5.41, 5.74) is 2.29. The molecule has 0 fully saturated rings. The molecule has 1 N–H and O–H groups in total. The van der Waals surface area contributed by atoms with Crippen molar-refractivity contribution in [2.75, 3.05) is 20.8 Å². The van der Waals surface area contributed by atoms with E-state index < -0.39 is 0 Å². The summed E-state index contributed by atoms with van der Waals surface area (Å²) in [5.74, 6) is 1.53. The highest BCUT2D eigenvalue weighted by Crippen LogP contribution is 2.39. The van der Waals surface area contributed by atoms with Crippen molar-refractivity contribution >= 4 is 11.6 Å². The van der Waals surface area contributed by atoms with Gasteiger partial charge in [0.05, 0.1) is 14.2 Å². The van der Waals surface area contributed by atoms with E-state index in [1.54, 1.807) is 14.2 Å². The zero-order valence-electron chi connectivity index (χ0n) is 8.89. The highest BCUT2D eigenvalue weighted by Gasteiger charge is 2.20. The number of halogens is 1. The smallest absolute Gasteiger partial charge is 0.164 e. The Balaban J connectivity index is 2.59. The number of fused-ring (bicyclic) bond motifs is 1. The quantitative estimate of drug-likeness (QED) is 0.839. The SMILES string of the molecule is COc1cc(Cl)c2c(c1OC)CCNC2. The molecule has 0 radical (unpaired) electrons. The Hall–Kier alpha value is -0.930. The molecule has 0 saturated heterocycles. The Labute approximate surface area is 94.3 Å². The average molecular weight is 228 g/mol. The second-order valence-electron chi connectivity index (χ2n) is 3.48. The normalized spacial score (nSPS) is 14.6. The van der Waals surface area contributed by atoms with Crippen molar-refractivity contribution in [2.45, 2.75) is 13.0 Å². The summed E-state index contributed by atoms with van der Waals surface area (Å²) in [6.07, 6.45) is 0.926. The summed E-state index contributed by atoms with van der Waals surface area (Å²) in [7, 11) is 3.29. The molecular weight excluding hydrogens is 214 g/mol. The lowest BCUT2D eigenvalue weighted by molar-refractivity contribution is 0.349. The lowest BCUT2D eigenvalue weighted by atomic mass is 9.99. The van der Waals surface area contributed by atoms with Crippen LogP contribution >= 0.6 is 11.6 Å². The lowest BCUT2D eigenvalue weighted by Crippen LogP contribution is -2.24. The van der Waals surface area contributed by atoms with Gasteiger partial charge in [0.1, 0.15) is 0 Å². The Bertz CT molecular complexity index is 379. The molecule has 1 aliphatic heterocycles. The average Bonchev–Trinajstić information content (AvgIpc) is 2.29. The zero-order chi connectivity index (χ0) is 10.8. The van der Waals surface area contributed by atoms with Crippen LogP contribution in [0.3, 0.4) is 0 Å². The van der Waals surface area contributed by atoms with Gasteiger partial charge in [-0.15, -0.1) is 0 Å². The molecular formula is C11H14ClNO2. The first-order valence-corrected chi connectivity index (χ1v) is 5.28. The molecule has 0 atom stereocenters. The van der Waals surface area contributed by atoms with Crippen LogP contribution < -0.4 is 14.8 Å². The van der Waals surface area contributed by atoms with Gasteiger partial charge >= 0.3 is 0 Å². The van der Waals surface area contributed by atoms with Crippen molar-refractivity contribution in [3.8, 4) is 11.5 Å². The van der Waals surface area contributed by atoms with Gasteiger partial charge < -0.3 is 14.8 Å². The molecule has 3 nitrogen and oxygen atoms in total. The van der Waals surface area contributed by atoms with Crippen LogP contribution in [0, 0.1) is 0 Å². The molecule has 1 aromatic rings. The summed E-state index contributed by atoms with van der Waals surface area (Å²) in [6.45, 7) is 1.75. The van der Waals surface area contributed by atoms with Crippen LogP contribution in [0.4, 0.5) is 0 Å². The molecule has 4 heteroatoms. The van der Waals surface area contributed by atoms with E-state index in [1.165, 1.54) is 5.56 Å². The fourth-order valence-corrected chi connectivity index (χ4v) is 2.24. The second kappa shape index (κ2) is 4.29. The molecule has 0 aliphatic carbocycles. The monoisotopic (exact) mass is 227 g/mol. The van der Waals surface area contributed by atoms with E-state index in [0.717, 1.165) is 35.8 Å². The third-order valence-corrected chi connectivity index (χ3v) is 3.02. The summed E-state index contributed by atoms with van der Waals surface area (Å²) < 4.78 is 10.6. The predicted octanol–water partition coefficient (Wildman–Crippen LogP) is 2.00. The minimum Gasteiger partial charge on any atom is -0.493 e. The Kier molecular flexibility index (Phi) is 3.03. The molecule has 1 aromatic carbocycles. The Morgan fingerprint density at radius 3 is 2.73 bits per heavy atom. The first kappa shape index (κ1) is 10.6. The Morgan fingerprint density at radius 2 is 2.07 bits per heavy atom. The molecule has 0 saturated carbocycles. The predicted molar refractivity (Wildman–Crippen MR) is 60.0 cm³/mol. The summed E-state index contributed by atoms with van der Waals surface area (Å²) in [4.78, 5) is 0. The van der Waals surface area contributed by atoms with Gasteiger partial charge in [-0.3, -0.25) is 0 Å². The topological polar surface area (TPSA) is 30.5 Å². The first-order valence-electron chi connectivity index (χ1n) is 4.91. The number of nitrogens with one attached hydrogen (secondary N) is 1. The highest BCUT2D eigenvalue weighted by molar-refractivity contribution is 6.31. The molecule has 0 aromatic heterocycles. The number of methoxy groups -OCH3 is 2. The molecule has 1 heterocycles. The molecule has 15 heavy (non-hydrogen) atoms. The van der Waals surface area contributed by atoms with Crippen LogP contribution in [-0.4, -0.2) is 20.8 Å². The van der Waals surface area contributed by atoms with E-state index in [4.69, 9.17) is 21.1 Å². The number of rotatable bonds is 2. The van der Waals surface area contributed by atoms with Gasteiger partial charge in [0.25, 0.3) is 0 Å². The summed E-state index contributed by atoms with van der Waals surface area (Å²) in [6, 6.07) is 1.81. The van der Waals surface area contributed by atoms with Crippen molar-refractivity contribution in [1.82, 2.24) is 5.32 Å². The third-order valence-electron chi connectivity index (χ3n) is 2.69.